The van der Waals surface area contributed by atoms with E-state index in [1.54, 1.807) is 0 Å². The van der Waals surface area contributed by atoms with Gasteiger partial charge in [-0.3, -0.25) is 0 Å². The van der Waals surface area contributed by atoms with Gasteiger partial charge in [0.25, 0.3) is 0 Å². The zero-order chi connectivity index (χ0) is 13.2. The molecule has 0 aliphatic heterocycles. The van der Waals surface area contributed by atoms with Crippen molar-refractivity contribution in [3.05, 3.63) is 21.9 Å². The van der Waals surface area contributed by atoms with E-state index in [-0.39, 0.29) is 15.8 Å². The molecular weight excluding hydrogens is 299 g/mol. The maximum Gasteiger partial charge on any atom is 0.339 e. The number of halogens is 2. The molecule has 0 bridgehead atoms. The van der Waals surface area contributed by atoms with Crippen LogP contribution in [-0.4, -0.2) is 30.4 Å². The molecule has 1 aromatic carbocycles. The van der Waals surface area contributed by atoms with Crippen molar-refractivity contribution in [3.63, 3.8) is 0 Å². The van der Waals surface area contributed by atoms with Crippen molar-refractivity contribution in [1.29, 1.82) is 0 Å². The maximum absolute atomic E-state index is 13.6. The van der Waals surface area contributed by atoms with Gasteiger partial charge in [-0.1, -0.05) is 0 Å². The predicted octanol–water partition coefficient (Wildman–Crippen LogP) is 1.51. The molecule has 1 unspecified atom stereocenters. The first-order chi connectivity index (χ1) is 7.93. The van der Waals surface area contributed by atoms with Crippen molar-refractivity contribution in [1.82, 2.24) is 0 Å². The Morgan fingerprint density at radius 2 is 2.12 bits per heavy atom. The van der Waals surface area contributed by atoms with E-state index in [1.165, 1.54) is 7.11 Å². The van der Waals surface area contributed by atoms with Gasteiger partial charge in [0, 0.05) is 11.6 Å². The number of hydrogen-bond acceptors (Lipinski definition) is 5. The molecule has 0 spiro atoms. The van der Waals surface area contributed by atoms with Crippen molar-refractivity contribution in [2.75, 3.05) is 14.2 Å². The highest BCUT2D eigenvalue weighted by Crippen LogP contribution is 2.41. The number of methoxy groups -OCH3 is 2. The number of benzene rings is 1. The minimum absolute atomic E-state index is 0.0459. The molecule has 0 aromatic heterocycles. The third kappa shape index (κ3) is 2.50. The van der Waals surface area contributed by atoms with Crippen molar-refractivity contribution < 1.29 is 28.9 Å². The Balaban J connectivity index is 3.38. The number of esters is 1. The highest BCUT2D eigenvalue weighted by molar-refractivity contribution is 9.10. The molecule has 1 rings (SSSR count). The topological polar surface area (TPSA) is 76.0 Å². The van der Waals surface area contributed by atoms with E-state index in [0.717, 1.165) is 13.2 Å². The van der Waals surface area contributed by atoms with Gasteiger partial charge in [-0.15, -0.1) is 0 Å². The number of ether oxygens (including phenoxy) is 2. The Morgan fingerprint density at radius 3 is 2.59 bits per heavy atom. The lowest BCUT2D eigenvalue weighted by atomic mass is 10.1. The summed E-state index contributed by atoms with van der Waals surface area (Å²) >= 11 is 2.95. The monoisotopic (exact) mass is 308 g/mol. The molecule has 0 saturated heterocycles. The van der Waals surface area contributed by atoms with Gasteiger partial charge in [0.05, 0.1) is 18.7 Å². The molecular formula is C10H10BrFO5. The lowest BCUT2D eigenvalue weighted by molar-refractivity contribution is -0.150. The molecule has 0 amide bonds. The van der Waals surface area contributed by atoms with Crippen LogP contribution in [0.2, 0.25) is 0 Å². The Hall–Kier alpha value is -1.34. The predicted molar refractivity (Wildman–Crippen MR) is 59.3 cm³/mol. The quantitative estimate of drug-likeness (QED) is 0.828. The number of phenols is 1. The van der Waals surface area contributed by atoms with Gasteiger partial charge in [0.2, 0.25) is 0 Å². The van der Waals surface area contributed by atoms with Gasteiger partial charge in [-0.25, -0.2) is 9.18 Å². The number of carbonyl (C=O) groups excluding carboxylic acids is 1. The van der Waals surface area contributed by atoms with Crippen LogP contribution in [-0.2, 0) is 9.53 Å². The van der Waals surface area contributed by atoms with Gasteiger partial charge >= 0.3 is 5.97 Å². The Bertz CT molecular complexity index is 449. The van der Waals surface area contributed by atoms with Gasteiger partial charge in [0.15, 0.2) is 17.6 Å². The van der Waals surface area contributed by atoms with Crippen molar-refractivity contribution in [2.45, 2.75) is 6.10 Å². The molecule has 17 heavy (non-hydrogen) atoms. The summed E-state index contributed by atoms with van der Waals surface area (Å²) in [7, 11) is 2.32. The second-order valence-corrected chi connectivity index (χ2v) is 3.86. The molecule has 2 N–H and O–H groups in total. The van der Waals surface area contributed by atoms with Crippen molar-refractivity contribution in [3.8, 4) is 11.5 Å². The smallest absolute Gasteiger partial charge is 0.339 e. The number of carbonyl (C=O) groups is 1. The van der Waals surface area contributed by atoms with Crippen LogP contribution in [0.1, 0.15) is 11.7 Å². The summed E-state index contributed by atoms with van der Waals surface area (Å²) in [6.07, 6.45) is -1.80. The number of aromatic hydroxyl groups is 1. The highest BCUT2D eigenvalue weighted by Gasteiger charge is 2.28. The van der Waals surface area contributed by atoms with E-state index in [4.69, 9.17) is 4.74 Å². The van der Waals surface area contributed by atoms with Crippen LogP contribution in [0.3, 0.4) is 0 Å². The summed E-state index contributed by atoms with van der Waals surface area (Å²) in [5.41, 5.74) is -0.355. The van der Waals surface area contributed by atoms with E-state index in [1.807, 2.05) is 0 Å². The fourth-order valence-corrected chi connectivity index (χ4v) is 2.05. The van der Waals surface area contributed by atoms with E-state index in [2.05, 4.69) is 20.7 Å². The minimum atomic E-state index is -1.80. The molecule has 0 radical (unpaired) electrons. The Labute approximate surface area is 105 Å². The van der Waals surface area contributed by atoms with Gasteiger partial charge < -0.3 is 19.7 Å². The summed E-state index contributed by atoms with van der Waals surface area (Å²) in [5, 5.41) is 19.0. The molecule has 0 saturated carbocycles. The third-order valence-electron chi connectivity index (χ3n) is 2.09. The lowest BCUT2D eigenvalue weighted by Gasteiger charge is -2.15. The van der Waals surface area contributed by atoms with Gasteiger partial charge in [-0.2, -0.15) is 0 Å². The van der Waals surface area contributed by atoms with Crippen LogP contribution in [0, 0.1) is 5.82 Å². The van der Waals surface area contributed by atoms with Crippen LogP contribution >= 0.6 is 15.9 Å². The largest absolute Gasteiger partial charge is 0.504 e. The molecule has 94 valence electrons. The molecule has 5 nitrogen and oxygen atoms in total. The summed E-state index contributed by atoms with van der Waals surface area (Å²) in [6.45, 7) is 0. The third-order valence-corrected chi connectivity index (χ3v) is 2.88. The van der Waals surface area contributed by atoms with E-state index >= 15 is 0 Å². The molecule has 0 heterocycles. The molecule has 7 heteroatoms. The molecule has 0 aliphatic carbocycles. The van der Waals surface area contributed by atoms with E-state index in [0.29, 0.717) is 0 Å². The van der Waals surface area contributed by atoms with E-state index in [9.17, 15) is 19.4 Å². The first-order valence-corrected chi connectivity index (χ1v) is 5.24. The normalized spacial score (nSPS) is 12.1. The van der Waals surface area contributed by atoms with Crippen molar-refractivity contribution >= 4 is 21.9 Å². The van der Waals surface area contributed by atoms with Crippen LogP contribution in [0.5, 0.6) is 11.5 Å². The second kappa shape index (κ2) is 5.33. The molecule has 1 aromatic rings. The molecule has 1 atom stereocenters. The fourth-order valence-electron chi connectivity index (χ4n) is 1.28. The van der Waals surface area contributed by atoms with Crippen molar-refractivity contribution in [2.24, 2.45) is 0 Å². The average Bonchev–Trinajstić information content (AvgIpc) is 2.27. The first-order valence-electron chi connectivity index (χ1n) is 4.44. The van der Waals surface area contributed by atoms with Crippen LogP contribution in [0.15, 0.2) is 10.5 Å². The molecule has 0 fully saturated rings. The number of aliphatic hydroxyl groups is 1. The SMILES string of the molecule is COC(=O)C(O)c1c(F)cc(O)c(OC)c1Br. The standard InChI is InChI=1S/C10H10BrFO5/c1-16-9-5(13)3-4(12)6(7(9)11)8(14)10(15)17-2/h3,8,13-14H,1-2H3. The van der Waals surface area contributed by atoms with Crippen LogP contribution in [0.4, 0.5) is 4.39 Å². The highest BCUT2D eigenvalue weighted by atomic mass is 79.9. The minimum Gasteiger partial charge on any atom is -0.504 e. The summed E-state index contributed by atoms with van der Waals surface area (Å²) in [4.78, 5) is 11.1. The summed E-state index contributed by atoms with van der Waals surface area (Å²) in [6, 6.07) is 0.741. The lowest BCUT2D eigenvalue weighted by Crippen LogP contribution is -2.16. The summed E-state index contributed by atoms with van der Waals surface area (Å²) < 4.78 is 22.6. The number of aliphatic hydroxyl groups excluding tert-OH is 1. The van der Waals surface area contributed by atoms with E-state index < -0.39 is 23.6 Å². The maximum atomic E-state index is 13.6. The zero-order valence-corrected chi connectivity index (χ0v) is 10.6. The number of hydrogen-bond donors (Lipinski definition) is 2. The zero-order valence-electron chi connectivity index (χ0n) is 9.03. The first kappa shape index (κ1) is 13.7. The average molecular weight is 309 g/mol. The van der Waals surface area contributed by atoms with Gasteiger partial charge in [-0.05, 0) is 15.9 Å². The Morgan fingerprint density at radius 1 is 1.53 bits per heavy atom. The number of rotatable bonds is 3. The number of phenolic OH excluding ortho intramolecular Hbond substituents is 1. The van der Waals surface area contributed by atoms with Gasteiger partial charge in [0.1, 0.15) is 5.82 Å². The fraction of sp³-hybridized carbons (Fsp3) is 0.300. The van der Waals surface area contributed by atoms with Crippen LogP contribution < -0.4 is 4.74 Å². The van der Waals surface area contributed by atoms with Crippen LogP contribution in [0.25, 0.3) is 0 Å². The Kier molecular flexibility index (Phi) is 4.30. The molecule has 0 aliphatic rings. The summed E-state index contributed by atoms with van der Waals surface area (Å²) in [5.74, 6) is -2.49. The second-order valence-electron chi connectivity index (χ2n) is 3.06.